The molecule has 1 aliphatic carbocycles. The molecule has 1 aliphatic heterocycles. The van der Waals surface area contributed by atoms with Crippen LogP contribution in [0, 0.1) is 0 Å². The van der Waals surface area contributed by atoms with Gasteiger partial charge in [-0.3, -0.25) is 9.59 Å². The Kier molecular flexibility index (Phi) is 7.73. The normalized spacial score (nSPS) is 16.4. The number of aliphatic imine (C=N–C) groups is 1. The molecule has 1 aromatic rings. The van der Waals surface area contributed by atoms with Crippen molar-refractivity contribution in [2.45, 2.75) is 44.7 Å². The standard InChI is InChI=1S/C22H33N5O4/c1-25(2)20(29)14-26-13-16-12-18(8-9-19(16)24-22(26)23)31-15-21(30)27(10-11-28)17-6-4-3-5-7-17/h8-9,12,17,28H,3-7,10-11,13-15H2,1-2H3,(H2,23,24). The van der Waals surface area contributed by atoms with Crippen molar-refractivity contribution in [3.8, 4) is 5.75 Å². The van der Waals surface area contributed by atoms with Crippen molar-refractivity contribution in [3.63, 3.8) is 0 Å². The molecule has 3 rings (SSSR count). The van der Waals surface area contributed by atoms with Crippen molar-refractivity contribution in [2.75, 3.05) is 40.4 Å². The van der Waals surface area contributed by atoms with Crippen LogP contribution in [0.2, 0.25) is 0 Å². The van der Waals surface area contributed by atoms with Gasteiger partial charge in [-0.2, -0.15) is 0 Å². The van der Waals surface area contributed by atoms with E-state index in [4.69, 9.17) is 10.5 Å². The molecule has 9 nitrogen and oxygen atoms in total. The molecule has 0 radical (unpaired) electrons. The van der Waals surface area contributed by atoms with Crippen LogP contribution in [0.4, 0.5) is 5.69 Å². The van der Waals surface area contributed by atoms with Gasteiger partial charge in [0.15, 0.2) is 12.6 Å². The SMILES string of the molecule is CN(C)C(=O)CN1Cc2cc(OCC(=O)N(CCO)C3CCCCC3)ccc2N=C1N. The average molecular weight is 432 g/mol. The molecule has 170 valence electrons. The number of aliphatic hydroxyl groups excluding tert-OH is 1. The Morgan fingerprint density at radius 2 is 1.97 bits per heavy atom. The van der Waals surface area contributed by atoms with Gasteiger partial charge in [0.2, 0.25) is 5.91 Å². The van der Waals surface area contributed by atoms with Crippen LogP contribution in [0.5, 0.6) is 5.75 Å². The maximum atomic E-state index is 12.8. The van der Waals surface area contributed by atoms with Crippen LogP contribution in [-0.2, 0) is 16.1 Å². The monoisotopic (exact) mass is 431 g/mol. The highest BCUT2D eigenvalue weighted by Crippen LogP contribution is 2.29. The predicted molar refractivity (Wildman–Crippen MR) is 118 cm³/mol. The van der Waals surface area contributed by atoms with E-state index in [2.05, 4.69) is 4.99 Å². The van der Waals surface area contributed by atoms with Gasteiger partial charge in [-0.05, 0) is 31.0 Å². The number of rotatable bonds is 8. The van der Waals surface area contributed by atoms with Gasteiger partial charge in [0, 0.05) is 38.8 Å². The van der Waals surface area contributed by atoms with Gasteiger partial charge in [-0.25, -0.2) is 4.99 Å². The third kappa shape index (κ3) is 5.88. The van der Waals surface area contributed by atoms with E-state index < -0.39 is 0 Å². The lowest BCUT2D eigenvalue weighted by Crippen LogP contribution is -2.45. The first kappa shape index (κ1) is 22.9. The number of benzene rings is 1. The highest BCUT2D eigenvalue weighted by Gasteiger charge is 2.26. The number of fused-ring (bicyclic) bond motifs is 1. The Balaban J connectivity index is 1.63. The molecule has 2 amide bonds. The second kappa shape index (κ2) is 10.5. The number of aliphatic hydroxyl groups is 1. The second-order valence-corrected chi connectivity index (χ2v) is 8.30. The van der Waals surface area contributed by atoms with Gasteiger partial charge in [-0.1, -0.05) is 19.3 Å². The molecule has 1 aromatic carbocycles. The number of carbonyl (C=O) groups excluding carboxylic acids is 2. The van der Waals surface area contributed by atoms with Crippen molar-refractivity contribution in [1.82, 2.24) is 14.7 Å². The molecule has 0 unspecified atom stereocenters. The summed E-state index contributed by atoms with van der Waals surface area (Å²) in [6.45, 7) is 0.780. The molecule has 0 atom stereocenters. The fourth-order valence-electron chi connectivity index (χ4n) is 4.05. The van der Waals surface area contributed by atoms with E-state index in [0.717, 1.165) is 36.9 Å². The van der Waals surface area contributed by atoms with Gasteiger partial charge in [-0.15, -0.1) is 0 Å². The average Bonchev–Trinajstić information content (AvgIpc) is 2.76. The van der Waals surface area contributed by atoms with Gasteiger partial charge in [0.25, 0.3) is 5.91 Å². The number of guanidine groups is 1. The maximum Gasteiger partial charge on any atom is 0.260 e. The van der Waals surface area contributed by atoms with Gasteiger partial charge < -0.3 is 30.3 Å². The van der Waals surface area contributed by atoms with Crippen LogP contribution in [0.3, 0.4) is 0 Å². The molecule has 2 aliphatic rings. The minimum atomic E-state index is -0.112. The van der Waals surface area contributed by atoms with Crippen LogP contribution in [0.25, 0.3) is 0 Å². The number of hydrogen-bond donors (Lipinski definition) is 2. The number of nitrogens with zero attached hydrogens (tertiary/aromatic N) is 4. The number of nitrogens with two attached hydrogens (primary N) is 1. The lowest BCUT2D eigenvalue weighted by molar-refractivity contribution is -0.137. The third-order valence-electron chi connectivity index (χ3n) is 5.84. The summed E-state index contributed by atoms with van der Waals surface area (Å²) in [6.07, 6.45) is 5.38. The fourth-order valence-corrected chi connectivity index (χ4v) is 4.05. The Labute approximate surface area is 183 Å². The Morgan fingerprint density at radius 3 is 2.65 bits per heavy atom. The lowest BCUT2D eigenvalue weighted by atomic mass is 9.94. The summed E-state index contributed by atoms with van der Waals surface area (Å²) < 4.78 is 5.79. The van der Waals surface area contributed by atoms with Crippen molar-refractivity contribution in [1.29, 1.82) is 0 Å². The molecular formula is C22H33N5O4. The molecule has 0 bridgehead atoms. The van der Waals surface area contributed by atoms with Crippen LogP contribution in [0.15, 0.2) is 23.2 Å². The maximum absolute atomic E-state index is 12.8. The first-order valence-electron chi connectivity index (χ1n) is 10.8. The summed E-state index contributed by atoms with van der Waals surface area (Å²) in [6, 6.07) is 5.59. The highest BCUT2D eigenvalue weighted by atomic mass is 16.5. The van der Waals surface area contributed by atoms with E-state index in [0.29, 0.717) is 24.8 Å². The Morgan fingerprint density at radius 1 is 1.23 bits per heavy atom. The molecular weight excluding hydrogens is 398 g/mol. The van der Waals surface area contributed by atoms with Crippen LogP contribution >= 0.6 is 0 Å². The molecule has 3 N–H and O–H groups in total. The number of amides is 2. The van der Waals surface area contributed by atoms with Crippen molar-refractivity contribution >= 4 is 23.5 Å². The minimum absolute atomic E-state index is 0.0536. The van der Waals surface area contributed by atoms with Crippen molar-refractivity contribution < 1.29 is 19.4 Å². The van der Waals surface area contributed by atoms with E-state index in [9.17, 15) is 14.7 Å². The number of likely N-dealkylation sites (N-methyl/N-ethyl adjacent to an activating group) is 1. The van der Waals surface area contributed by atoms with Gasteiger partial charge in [0.1, 0.15) is 12.3 Å². The third-order valence-corrected chi connectivity index (χ3v) is 5.84. The van der Waals surface area contributed by atoms with Gasteiger partial charge >= 0.3 is 0 Å². The van der Waals surface area contributed by atoms with Crippen LogP contribution in [-0.4, -0.2) is 84.0 Å². The fraction of sp³-hybridized carbons (Fsp3) is 0.591. The minimum Gasteiger partial charge on any atom is -0.484 e. The molecule has 0 spiro atoms. The van der Waals surface area contributed by atoms with E-state index in [1.54, 1.807) is 36.0 Å². The zero-order chi connectivity index (χ0) is 22.4. The summed E-state index contributed by atoms with van der Waals surface area (Å²) in [5, 5.41) is 9.39. The topological polar surface area (TPSA) is 112 Å². The number of hydrogen-bond acceptors (Lipinski definition) is 7. The van der Waals surface area contributed by atoms with Gasteiger partial charge in [0.05, 0.1) is 12.3 Å². The summed E-state index contributed by atoms with van der Waals surface area (Å²) in [5.74, 6) is 0.693. The van der Waals surface area contributed by atoms with Crippen LogP contribution < -0.4 is 10.5 Å². The quantitative estimate of drug-likeness (QED) is 0.637. The number of ether oxygens (including phenoxy) is 1. The second-order valence-electron chi connectivity index (χ2n) is 8.30. The van der Waals surface area contributed by atoms with E-state index in [1.165, 1.54) is 11.3 Å². The lowest BCUT2D eigenvalue weighted by Gasteiger charge is -2.34. The van der Waals surface area contributed by atoms with E-state index >= 15 is 0 Å². The largest absolute Gasteiger partial charge is 0.484 e. The predicted octanol–water partition coefficient (Wildman–Crippen LogP) is 1.07. The molecule has 0 aromatic heterocycles. The van der Waals surface area contributed by atoms with E-state index in [1.807, 2.05) is 6.07 Å². The summed E-state index contributed by atoms with van der Waals surface area (Å²) in [4.78, 5) is 34.2. The molecule has 1 saturated carbocycles. The van der Waals surface area contributed by atoms with Crippen molar-refractivity contribution in [3.05, 3.63) is 23.8 Å². The summed E-state index contributed by atoms with van der Waals surface area (Å²) in [7, 11) is 3.40. The summed E-state index contributed by atoms with van der Waals surface area (Å²) >= 11 is 0. The number of carbonyl (C=O) groups is 2. The molecule has 0 saturated heterocycles. The smallest absolute Gasteiger partial charge is 0.260 e. The van der Waals surface area contributed by atoms with Crippen LogP contribution in [0.1, 0.15) is 37.7 Å². The van der Waals surface area contributed by atoms with E-state index in [-0.39, 0.29) is 37.6 Å². The zero-order valence-electron chi connectivity index (χ0n) is 18.4. The highest BCUT2D eigenvalue weighted by molar-refractivity contribution is 5.88. The molecule has 1 heterocycles. The first-order chi connectivity index (χ1) is 14.9. The molecule has 31 heavy (non-hydrogen) atoms. The molecule has 1 fully saturated rings. The molecule has 9 heteroatoms. The Hall–Kier alpha value is -2.81. The Bertz CT molecular complexity index is 820. The van der Waals surface area contributed by atoms with Crippen molar-refractivity contribution in [2.24, 2.45) is 10.7 Å². The first-order valence-corrected chi connectivity index (χ1v) is 10.8. The summed E-state index contributed by atoms with van der Waals surface area (Å²) in [5.41, 5.74) is 7.62. The zero-order valence-corrected chi connectivity index (χ0v) is 18.4.